The fraction of sp³-hybridized carbons (Fsp3) is 0.625. The molecule has 1 saturated heterocycles. The van der Waals surface area contributed by atoms with Gasteiger partial charge in [0.1, 0.15) is 18.1 Å². The van der Waals surface area contributed by atoms with Crippen molar-refractivity contribution in [3.63, 3.8) is 0 Å². The van der Waals surface area contributed by atoms with Crippen molar-refractivity contribution in [1.82, 2.24) is 5.32 Å². The van der Waals surface area contributed by atoms with Crippen LogP contribution >= 0.6 is 0 Å². The van der Waals surface area contributed by atoms with Crippen LogP contribution in [0, 0.1) is 0 Å². The number of nitrogens with one attached hydrogen (secondary N) is 1. The molecule has 2 unspecified atom stereocenters. The molecule has 1 aromatic carbocycles. The minimum absolute atomic E-state index is 0.215. The molecular weight excluding hydrogens is 254 g/mol. The Labute approximate surface area is 120 Å². The summed E-state index contributed by atoms with van der Waals surface area (Å²) in [6, 6.07) is 8.46. The van der Waals surface area contributed by atoms with Crippen molar-refractivity contribution in [2.75, 3.05) is 20.3 Å². The quantitative estimate of drug-likeness (QED) is 0.830. The van der Waals surface area contributed by atoms with Gasteiger partial charge in [-0.3, -0.25) is 0 Å². The molecule has 0 spiro atoms. The average molecular weight is 277 g/mol. The lowest BCUT2D eigenvalue weighted by Crippen LogP contribution is -2.29. The van der Waals surface area contributed by atoms with Gasteiger partial charge in [-0.05, 0) is 37.8 Å². The molecule has 110 valence electrons. The molecule has 4 nitrogen and oxygen atoms in total. The van der Waals surface area contributed by atoms with Gasteiger partial charge in [0, 0.05) is 18.7 Å². The first-order valence-electron chi connectivity index (χ1n) is 7.49. The minimum atomic E-state index is 0.215. The Kier molecular flexibility index (Phi) is 4.43. The molecule has 2 aliphatic rings. The molecule has 1 aliphatic heterocycles. The van der Waals surface area contributed by atoms with Gasteiger partial charge in [-0.15, -0.1) is 0 Å². The monoisotopic (exact) mass is 277 g/mol. The summed E-state index contributed by atoms with van der Waals surface area (Å²) in [5, 5.41) is 3.53. The second-order valence-electron chi connectivity index (χ2n) is 5.63. The van der Waals surface area contributed by atoms with Gasteiger partial charge in [0.25, 0.3) is 0 Å². The third-order valence-corrected chi connectivity index (χ3v) is 3.88. The fourth-order valence-corrected chi connectivity index (χ4v) is 2.52. The van der Waals surface area contributed by atoms with Gasteiger partial charge in [0.2, 0.25) is 0 Å². The zero-order valence-electron chi connectivity index (χ0n) is 12.0. The Morgan fingerprint density at radius 3 is 2.75 bits per heavy atom. The highest BCUT2D eigenvalue weighted by atomic mass is 16.5. The molecule has 1 N–H and O–H groups in total. The van der Waals surface area contributed by atoms with Crippen LogP contribution in [0.3, 0.4) is 0 Å². The maximum atomic E-state index is 6.00. The van der Waals surface area contributed by atoms with Crippen molar-refractivity contribution in [1.29, 1.82) is 0 Å². The summed E-state index contributed by atoms with van der Waals surface area (Å²) in [5.74, 6) is 1.66. The van der Waals surface area contributed by atoms with Gasteiger partial charge in [-0.1, -0.05) is 6.07 Å². The van der Waals surface area contributed by atoms with E-state index in [0.717, 1.165) is 36.9 Å². The predicted octanol–water partition coefficient (Wildman–Crippen LogP) is 2.37. The summed E-state index contributed by atoms with van der Waals surface area (Å²) in [6.07, 6.45) is 5.44. The van der Waals surface area contributed by atoms with Crippen molar-refractivity contribution in [3.8, 4) is 11.5 Å². The second kappa shape index (κ2) is 6.46. The van der Waals surface area contributed by atoms with E-state index in [4.69, 9.17) is 14.2 Å². The molecule has 0 amide bonds. The molecule has 3 rings (SSSR count). The minimum Gasteiger partial charge on any atom is -0.497 e. The van der Waals surface area contributed by atoms with E-state index in [2.05, 4.69) is 5.32 Å². The number of benzene rings is 1. The van der Waals surface area contributed by atoms with E-state index in [9.17, 15) is 0 Å². The molecule has 4 heteroatoms. The number of ether oxygens (including phenoxy) is 3. The Hall–Kier alpha value is -1.26. The number of hydrogen-bond acceptors (Lipinski definition) is 4. The first-order chi connectivity index (χ1) is 9.83. The maximum Gasteiger partial charge on any atom is 0.123 e. The van der Waals surface area contributed by atoms with Gasteiger partial charge < -0.3 is 19.5 Å². The van der Waals surface area contributed by atoms with E-state index in [1.165, 1.54) is 12.8 Å². The van der Waals surface area contributed by atoms with Crippen LogP contribution in [0.25, 0.3) is 0 Å². The highest BCUT2D eigenvalue weighted by Crippen LogP contribution is 2.24. The molecule has 2 atom stereocenters. The van der Waals surface area contributed by atoms with Crippen molar-refractivity contribution < 1.29 is 14.2 Å². The van der Waals surface area contributed by atoms with Crippen molar-refractivity contribution in [2.45, 2.75) is 43.9 Å². The topological polar surface area (TPSA) is 39.7 Å². The first kappa shape index (κ1) is 13.7. The Balaban J connectivity index is 1.39. The Morgan fingerprint density at radius 1 is 1.15 bits per heavy atom. The van der Waals surface area contributed by atoms with E-state index < -0.39 is 0 Å². The summed E-state index contributed by atoms with van der Waals surface area (Å²) < 4.78 is 17.0. The molecule has 0 bridgehead atoms. The molecule has 0 aromatic heterocycles. The number of rotatable bonds is 7. The SMILES string of the molecule is COc1cccc(OCC2CCC(CNC3CC3)O2)c1. The molecule has 1 saturated carbocycles. The lowest BCUT2D eigenvalue weighted by Gasteiger charge is -2.15. The van der Waals surface area contributed by atoms with Crippen LogP contribution in [0.1, 0.15) is 25.7 Å². The van der Waals surface area contributed by atoms with Gasteiger partial charge in [-0.2, -0.15) is 0 Å². The summed E-state index contributed by atoms with van der Waals surface area (Å²) >= 11 is 0. The smallest absolute Gasteiger partial charge is 0.123 e. The standard InChI is InChI=1S/C16H23NO3/c1-18-13-3-2-4-14(9-13)19-11-16-8-7-15(20-16)10-17-12-5-6-12/h2-4,9,12,15-17H,5-8,10-11H2,1H3. The molecular formula is C16H23NO3. The van der Waals surface area contributed by atoms with Crippen molar-refractivity contribution >= 4 is 0 Å². The van der Waals surface area contributed by atoms with Crippen LogP contribution in [0.15, 0.2) is 24.3 Å². The molecule has 20 heavy (non-hydrogen) atoms. The van der Waals surface area contributed by atoms with Crippen LogP contribution in [0.2, 0.25) is 0 Å². The van der Waals surface area contributed by atoms with Crippen LogP contribution in [0.5, 0.6) is 11.5 Å². The van der Waals surface area contributed by atoms with E-state index in [1.807, 2.05) is 24.3 Å². The molecule has 2 fully saturated rings. The van der Waals surface area contributed by atoms with Gasteiger partial charge in [-0.25, -0.2) is 0 Å². The van der Waals surface area contributed by atoms with Gasteiger partial charge >= 0.3 is 0 Å². The van der Waals surface area contributed by atoms with Crippen LogP contribution in [0.4, 0.5) is 0 Å². The summed E-state index contributed by atoms with van der Waals surface area (Å²) in [7, 11) is 1.66. The normalized spacial score (nSPS) is 25.6. The second-order valence-corrected chi connectivity index (χ2v) is 5.63. The Morgan fingerprint density at radius 2 is 1.95 bits per heavy atom. The van der Waals surface area contributed by atoms with E-state index in [1.54, 1.807) is 7.11 Å². The van der Waals surface area contributed by atoms with E-state index in [0.29, 0.717) is 12.7 Å². The van der Waals surface area contributed by atoms with Crippen LogP contribution in [-0.4, -0.2) is 38.5 Å². The lowest BCUT2D eigenvalue weighted by atomic mass is 10.2. The zero-order chi connectivity index (χ0) is 13.8. The Bertz CT molecular complexity index is 433. The number of hydrogen-bond donors (Lipinski definition) is 1. The summed E-state index contributed by atoms with van der Waals surface area (Å²) in [4.78, 5) is 0. The average Bonchev–Trinajstić information content (AvgIpc) is 3.21. The van der Waals surface area contributed by atoms with Crippen molar-refractivity contribution in [3.05, 3.63) is 24.3 Å². The lowest BCUT2D eigenvalue weighted by molar-refractivity contribution is 0.0184. The van der Waals surface area contributed by atoms with E-state index in [-0.39, 0.29) is 6.10 Å². The highest BCUT2D eigenvalue weighted by Gasteiger charge is 2.28. The van der Waals surface area contributed by atoms with Crippen LogP contribution in [-0.2, 0) is 4.74 Å². The molecule has 1 heterocycles. The maximum absolute atomic E-state index is 6.00. The molecule has 1 aromatic rings. The largest absolute Gasteiger partial charge is 0.497 e. The fourth-order valence-electron chi connectivity index (χ4n) is 2.52. The molecule has 1 aliphatic carbocycles. The summed E-state index contributed by atoms with van der Waals surface area (Å²) in [5.41, 5.74) is 0. The third kappa shape index (κ3) is 3.87. The van der Waals surface area contributed by atoms with Gasteiger partial charge in [0.15, 0.2) is 0 Å². The third-order valence-electron chi connectivity index (χ3n) is 3.88. The summed E-state index contributed by atoms with van der Waals surface area (Å²) in [6.45, 7) is 1.60. The zero-order valence-corrected chi connectivity index (χ0v) is 12.0. The first-order valence-corrected chi connectivity index (χ1v) is 7.49. The predicted molar refractivity (Wildman–Crippen MR) is 77.4 cm³/mol. The van der Waals surface area contributed by atoms with Gasteiger partial charge in [0.05, 0.1) is 19.3 Å². The number of methoxy groups -OCH3 is 1. The van der Waals surface area contributed by atoms with Crippen molar-refractivity contribution in [2.24, 2.45) is 0 Å². The van der Waals surface area contributed by atoms with E-state index >= 15 is 0 Å². The molecule has 0 radical (unpaired) electrons. The highest BCUT2D eigenvalue weighted by molar-refractivity contribution is 5.32. The van der Waals surface area contributed by atoms with Crippen LogP contribution < -0.4 is 14.8 Å².